The Morgan fingerprint density at radius 1 is 0.886 bits per heavy atom. The van der Waals surface area contributed by atoms with E-state index in [2.05, 4.69) is 10.2 Å². The minimum atomic E-state index is -0.769. The molecule has 3 amide bonds. The maximum Gasteiger partial charge on any atom is 0.252 e. The molecule has 35 heavy (non-hydrogen) atoms. The summed E-state index contributed by atoms with van der Waals surface area (Å²) >= 11 is 12.2. The van der Waals surface area contributed by atoms with Crippen molar-refractivity contribution in [3.8, 4) is 0 Å². The van der Waals surface area contributed by atoms with Crippen molar-refractivity contribution < 1.29 is 14.4 Å². The lowest BCUT2D eigenvalue weighted by Gasteiger charge is -2.40. The summed E-state index contributed by atoms with van der Waals surface area (Å²) in [5.41, 5.74) is 0.694. The fraction of sp³-hybridized carbons (Fsp3) is 0.654. The number of halogens is 2. The van der Waals surface area contributed by atoms with Gasteiger partial charge in [0, 0.05) is 61.3 Å². The van der Waals surface area contributed by atoms with Crippen LogP contribution in [-0.2, 0) is 9.59 Å². The highest BCUT2D eigenvalue weighted by Gasteiger charge is 2.39. The Morgan fingerprint density at radius 3 is 2.09 bits per heavy atom. The van der Waals surface area contributed by atoms with Crippen LogP contribution >= 0.6 is 23.2 Å². The van der Waals surface area contributed by atoms with Gasteiger partial charge >= 0.3 is 0 Å². The van der Waals surface area contributed by atoms with Gasteiger partial charge in [-0.15, -0.1) is 0 Å². The number of nitrogens with one attached hydrogen (secondary N) is 1. The number of amides is 3. The molecular formula is C26H36Cl2N4O3. The first-order valence-electron chi connectivity index (χ1n) is 12.8. The van der Waals surface area contributed by atoms with Crippen LogP contribution < -0.4 is 5.32 Å². The van der Waals surface area contributed by atoms with Gasteiger partial charge in [-0.2, -0.15) is 0 Å². The Labute approximate surface area is 218 Å². The van der Waals surface area contributed by atoms with Gasteiger partial charge in [0.25, 0.3) is 5.91 Å². The second-order valence-corrected chi connectivity index (χ2v) is 11.3. The number of likely N-dealkylation sites (N-methyl/N-ethyl adjacent to an activating group) is 1. The van der Waals surface area contributed by atoms with Crippen molar-refractivity contribution in [1.82, 2.24) is 20.0 Å². The third kappa shape index (κ3) is 6.69. The zero-order valence-electron chi connectivity index (χ0n) is 20.5. The molecule has 1 saturated carbocycles. The van der Waals surface area contributed by atoms with Crippen LogP contribution in [0, 0.1) is 5.41 Å². The van der Waals surface area contributed by atoms with Gasteiger partial charge in [-0.1, -0.05) is 36.0 Å². The van der Waals surface area contributed by atoms with Crippen LogP contribution in [0.2, 0.25) is 10.0 Å². The minimum absolute atomic E-state index is 0.0273. The molecule has 2 aliphatic heterocycles. The fourth-order valence-corrected chi connectivity index (χ4v) is 6.24. The summed E-state index contributed by atoms with van der Waals surface area (Å²) in [6, 6.07) is 3.85. The monoisotopic (exact) mass is 522 g/mol. The van der Waals surface area contributed by atoms with E-state index < -0.39 is 11.9 Å². The molecule has 1 aromatic carbocycles. The molecule has 0 aromatic heterocycles. The summed E-state index contributed by atoms with van der Waals surface area (Å²) in [6.07, 6.45) is 7.59. The van der Waals surface area contributed by atoms with Crippen molar-refractivity contribution in [2.75, 3.05) is 46.3 Å². The van der Waals surface area contributed by atoms with E-state index in [1.54, 1.807) is 6.07 Å². The highest BCUT2D eigenvalue weighted by Crippen LogP contribution is 2.46. The lowest BCUT2D eigenvalue weighted by atomic mass is 9.77. The Kier molecular flexibility index (Phi) is 8.61. The van der Waals surface area contributed by atoms with Gasteiger partial charge in [0.2, 0.25) is 11.8 Å². The molecule has 1 aromatic rings. The van der Waals surface area contributed by atoms with Crippen LogP contribution in [0.5, 0.6) is 0 Å². The van der Waals surface area contributed by atoms with Gasteiger partial charge in [-0.05, 0) is 62.8 Å². The van der Waals surface area contributed by atoms with Gasteiger partial charge in [-0.3, -0.25) is 14.4 Å². The van der Waals surface area contributed by atoms with E-state index >= 15 is 0 Å². The van der Waals surface area contributed by atoms with Crippen LogP contribution in [0.25, 0.3) is 0 Å². The minimum Gasteiger partial charge on any atom is -0.341 e. The number of piperazine rings is 1. The second kappa shape index (κ2) is 11.5. The molecule has 1 N–H and O–H groups in total. The van der Waals surface area contributed by atoms with E-state index in [0.717, 1.165) is 25.9 Å². The molecule has 1 aliphatic carbocycles. The quantitative estimate of drug-likeness (QED) is 0.616. The number of carbonyl (C=O) groups is 3. The molecule has 2 saturated heterocycles. The maximum absolute atomic E-state index is 13.6. The molecular weight excluding hydrogens is 487 g/mol. The molecule has 3 fully saturated rings. The number of likely N-dealkylation sites (tertiary alicyclic amines) is 1. The smallest absolute Gasteiger partial charge is 0.252 e. The highest BCUT2D eigenvalue weighted by molar-refractivity contribution is 6.35. The predicted octanol–water partition coefficient (Wildman–Crippen LogP) is 3.83. The van der Waals surface area contributed by atoms with Crippen molar-refractivity contribution in [2.45, 2.75) is 57.4 Å². The van der Waals surface area contributed by atoms with Gasteiger partial charge in [0.05, 0.1) is 0 Å². The van der Waals surface area contributed by atoms with Gasteiger partial charge in [0.1, 0.15) is 6.04 Å². The molecule has 192 valence electrons. The van der Waals surface area contributed by atoms with Crippen molar-refractivity contribution >= 4 is 40.9 Å². The average Bonchev–Trinajstić information content (AvgIpc) is 3.29. The normalized spacial score (nSPS) is 21.2. The van der Waals surface area contributed by atoms with Crippen LogP contribution in [-0.4, -0.2) is 84.8 Å². The van der Waals surface area contributed by atoms with E-state index in [-0.39, 0.29) is 24.7 Å². The standard InChI is InChI=1S/C26H36Cl2N4O3/c1-30-12-14-31(15-13-30)23(33)5-4-22(29-24(34)19-16-20(27)18-21(28)17-19)25(35)32-10-8-26(9-11-32)6-2-3-7-26/h16-18,22H,2-15H2,1H3,(H,29,34)/t22-/m0/s1. The van der Waals surface area contributed by atoms with Gasteiger partial charge < -0.3 is 20.0 Å². The lowest BCUT2D eigenvalue weighted by molar-refractivity contribution is -0.136. The number of rotatable bonds is 6. The highest BCUT2D eigenvalue weighted by atomic mass is 35.5. The number of carbonyl (C=O) groups excluding carboxylic acids is 3. The van der Waals surface area contributed by atoms with Gasteiger partial charge in [0.15, 0.2) is 0 Å². The number of hydrogen-bond donors (Lipinski definition) is 1. The molecule has 7 nitrogen and oxygen atoms in total. The Hall–Kier alpha value is -1.83. The number of hydrogen-bond acceptors (Lipinski definition) is 4. The van der Waals surface area contributed by atoms with Crippen LogP contribution in [0.4, 0.5) is 0 Å². The van der Waals surface area contributed by atoms with Crippen molar-refractivity contribution in [1.29, 1.82) is 0 Å². The van der Waals surface area contributed by atoms with E-state index in [9.17, 15) is 14.4 Å². The third-order valence-electron chi connectivity index (χ3n) is 8.03. The van der Waals surface area contributed by atoms with Crippen molar-refractivity contribution in [3.63, 3.8) is 0 Å². The van der Waals surface area contributed by atoms with E-state index in [1.807, 2.05) is 16.8 Å². The summed E-state index contributed by atoms with van der Waals surface area (Å²) in [6.45, 7) is 4.48. The maximum atomic E-state index is 13.6. The molecule has 1 atom stereocenters. The summed E-state index contributed by atoms with van der Waals surface area (Å²) in [7, 11) is 2.04. The first-order valence-corrected chi connectivity index (χ1v) is 13.5. The summed E-state index contributed by atoms with van der Waals surface area (Å²) in [4.78, 5) is 45.4. The van der Waals surface area contributed by atoms with Crippen molar-refractivity contribution in [2.24, 2.45) is 5.41 Å². The SMILES string of the molecule is CN1CCN(C(=O)CC[C@H](NC(=O)c2cc(Cl)cc(Cl)c2)C(=O)N2CCC3(CCCC3)CC2)CC1. The third-order valence-corrected chi connectivity index (χ3v) is 8.47. The first kappa shape index (κ1) is 26.2. The van der Waals surface area contributed by atoms with Crippen LogP contribution in [0.1, 0.15) is 61.7 Å². The molecule has 4 rings (SSSR count). The number of nitrogens with zero attached hydrogens (tertiary/aromatic N) is 3. The van der Waals surface area contributed by atoms with E-state index in [4.69, 9.17) is 23.2 Å². The summed E-state index contributed by atoms with van der Waals surface area (Å²) < 4.78 is 0. The van der Waals surface area contributed by atoms with Gasteiger partial charge in [-0.25, -0.2) is 0 Å². The number of piperidine rings is 1. The molecule has 2 heterocycles. The molecule has 0 bridgehead atoms. The molecule has 1 spiro atoms. The zero-order valence-corrected chi connectivity index (χ0v) is 22.0. The Balaban J connectivity index is 1.42. The topological polar surface area (TPSA) is 73.0 Å². The molecule has 9 heteroatoms. The van der Waals surface area contributed by atoms with Crippen LogP contribution in [0.3, 0.4) is 0 Å². The second-order valence-electron chi connectivity index (χ2n) is 10.4. The predicted molar refractivity (Wildman–Crippen MR) is 138 cm³/mol. The summed E-state index contributed by atoms with van der Waals surface area (Å²) in [5, 5.41) is 3.60. The van der Waals surface area contributed by atoms with E-state index in [0.29, 0.717) is 47.2 Å². The van der Waals surface area contributed by atoms with E-state index in [1.165, 1.54) is 37.8 Å². The Morgan fingerprint density at radius 2 is 1.49 bits per heavy atom. The fourth-order valence-electron chi connectivity index (χ4n) is 5.71. The average molecular weight is 524 g/mol. The summed E-state index contributed by atoms with van der Waals surface area (Å²) in [5.74, 6) is -0.492. The van der Waals surface area contributed by atoms with Crippen molar-refractivity contribution in [3.05, 3.63) is 33.8 Å². The first-order chi connectivity index (χ1) is 16.7. The number of benzene rings is 1. The molecule has 0 radical (unpaired) electrons. The Bertz CT molecular complexity index is 912. The zero-order chi connectivity index (χ0) is 25.0. The molecule has 0 unspecified atom stereocenters. The van der Waals surface area contributed by atoms with Crippen LogP contribution in [0.15, 0.2) is 18.2 Å². The molecule has 3 aliphatic rings. The lowest BCUT2D eigenvalue weighted by Crippen LogP contribution is -2.52. The largest absolute Gasteiger partial charge is 0.341 e.